The van der Waals surface area contributed by atoms with Crippen LogP contribution in [-0.2, 0) is 16.0 Å². The molecule has 1 saturated heterocycles. The Labute approximate surface area is 141 Å². The summed E-state index contributed by atoms with van der Waals surface area (Å²) < 4.78 is 12.8. The number of nitrogens with zero attached hydrogens (tertiary/aromatic N) is 2. The van der Waals surface area contributed by atoms with Crippen molar-refractivity contribution in [2.24, 2.45) is 11.8 Å². The van der Waals surface area contributed by atoms with E-state index in [4.69, 9.17) is 0 Å². The summed E-state index contributed by atoms with van der Waals surface area (Å²) in [7, 11) is 2.05. The Balaban J connectivity index is 1.39. The summed E-state index contributed by atoms with van der Waals surface area (Å²) in [6.07, 6.45) is 1.32. The molecular formula is C18H24FN3O2. The molecule has 24 heavy (non-hydrogen) atoms. The normalized spacial score (nSPS) is 23.8. The van der Waals surface area contributed by atoms with Crippen LogP contribution in [0.3, 0.4) is 0 Å². The summed E-state index contributed by atoms with van der Waals surface area (Å²) in [5.74, 6) is -0.484. The van der Waals surface area contributed by atoms with Crippen LogP contribution < -0.4 is 5.32 Å². The topological polar surface area (TPSA) is 52.7 Å². The molecule has 2 amide bonds. The maximum Gasteiger partial charge on any atom is 0.226 e. The largest absolute Gasteiger partial charge is 0.356 e. The van der Waals surface area contributed by atoms with E-state index in [9.17, 15) is 14.0 Å². The van der Waals surface area contributed by atoms with Crippen molar-refractivity contribution in [3.63, 3.8) is 0 Å². The fourth-order valence-corrected chi connectivity index (χ4v) is 3.13. The lowest BCUT2D eigenvalue weighted by molar-refractivity contribution is -0.136. The number of hydrogen-bond donors (Lipinski definition) is 1. The zero-order valence-corrected chi connectivity index (χ0v) is 14.0. The highest BCUT2D eigenvalue weighted by Crippen LogP contribution is 2.40. The Morgan fingerprint density at radius 2 is 1.79 bits per heavy atom. The van der Waals surface area contributed by atoms with Crippen molar-refractivity contribution < 1.29 is 14.0 Å². The lowest BCUT2D eigenvalue weighted by Crippen LogP contribution is -2.48. The Hall–Kier alpha value is -1.95. The second kappa shape index (κ2) is 7.30. The molecule has 1 aromatic rings. The van der Waals surface area contributed by atoms with Gasteiger partial charge in [-0.2, -0.15) is 0 Å². The van der Waals surface area contributed by atoms with Crippen LogP contribution in [0.1, 0.15) is 12.0 Å². The molecule has 2 atom stereocenters. The van der Waals surface area contributed by atoms with Gasteiger partial charge < -0.3 is 15.1 Å². The molecular weight excluding hydrogens is 309 g/mol. The molecule has 2 unspecified atom stereocenters. The molecule has 1 aromatic carbocycles. The van der Waals surface area contributed by atoms with Crippen molar-refractivity contribution in [1.82, 2.24) is 15.1 Å². The van der Waals surface area contributed by atoms with Crippen molar-refractivity contribution in [2.75, 3.05) is 39.8 Å². The quantitative estimate of drug-likeness (QED) is 0.871. The summed E-state index contributed by atoms with van der Waals surface area (Å²) in [5, 5.41) is 2.89. The average Bonchev–Trinajstić information content (AvgIpc) is 3.37. The van der Waals surface area contributed by atoms with Crippen molar-refractivity contribution in [1.29, 1.82) is 0 Å². The van der Waals surface area contributed by atoms with E-state index in [0.29, 0.717) is 19.4 Å². The minimum Gasteiger partial charge on any atom is -0.356 e. The van der Waals surface area contributed by atoms with Gasteiger partial charge in [0, 0.05) is 32.7 Å². The molecule has 2 fully saturated rings. The van der Waals surface area contributed by atoms with Crippen LogP contribution in [-0.4, -0.2) is 61.4 Å². The monoisotopic (exact) mass is 333 g/mol. The SMILES string of the molecule is CN1CCN(C(=O)C2CC2C(=O)NCCc2ccc(F)cc2)CC1. The van der Waals surface area contributed by atoms with Crippen molar-refractivity contribution in [2.45, 2.75) is 12.8 Å². The highest BCUT2D eigenvalue weighted by Gasteiger charge is 2.49. The number of hydrogen-bond acceptors (Lipinski definition) is 3. The van der Waals surface area contributed by atoms with Gasteiger partial charge in [0.05, 0.1) is 11.8 Å². The summed E-state index contributed by atoms with van der Waals surface area (Å²) in [6.45, 7) is 3.81. The molecule has 1 aliphatic heterocycles. The van der Waals surface area contributed by atoms with E-state index in [1.807, 2.05) is 4.90 Å². The molecule has 130 valence electrons. The van der Waals surface area contributed by atoms with Crippen LogP contribution >= 0.6 is 0 Å². The highest BCUT2D eigenvalue weighted by atomic mass is 19.1. The summed E-state index contributed by atoms with van der Waals surface area (Å²) in [6, 6.07) is 6.28. The Bertz CT molecular complexity index is 597. The molecule has 1 N–H and O–H groups in total. The molecule has 2 aliphatic rings. The predicted molar refractivity (Wildman–Crippen MR) is 88.8 cm³/mol. The van der Waals surface area contributed by atoms with Crippen LogP contribution in [0.25, 0.3) is 0 Å². The van der Waals surface area contributed by atoms with E-state index < -0.39 is 0 Å². The molecule has 1 saturated carbocycles. The number of halogens is 1. The standard InChI is InChI=1S/C18H24FN3O2/c1-21-8-10-22(11-9-21)18(24)16-12-15(16)17(23)20-7-6-13-2-4-14(19)5-3-13/h2-5,15-16H,6-12H2,1H3,(H,20,23). The third kappa shape index (κ3) is 4.12. The smallest absolute Gasteiger partial charge is 0.226 e. The van der Waals surface area contributed by atoms with Crippen LogP contribution in [0.15, 0.2) is 24.3 Å². The number of carbonyl (C=O) groups excluding carboxylic acids is 2. The molecule has 0 bridgehead atoms. The predicted octanol–water partition coefficient (Wildman–Crippen LogP) is 0.894. The first kappa shape index (κ1) is 16.9. The second-order valence-corrected chi connectivity index (χ2v) is 6.74. The van der Waals surface area contributed by atoms with Gasteiger partial charge in [-0.1, -0.05) is 12.1 Å². The van der Waals surface area contributed by atoms with Crippen LogP contribution in [0.4, 0.5) is 4.39 Å². The molecule has 1 heterocycles. The molecule has 0 aromatic heterocycles. The van der Waals surface area contributed by atoms with Crippen molar-refractivity contribution >= 4 is 11.8 Å². The van der Waals surface area contributed by atoms with Gasteiger partial charge in [-0.3, -0.25) is 9.59 Å². The summed E-state index contributed by atoms with van der Waals surface area (Å²) in [5.41, 5.74) is 0.984. The highest BCUT2D eigenvalue weighted by molar-refractivity contribution is 5.92. The number of nitrogens with one attached hydrogen (secondary N) is 1. The Morgan fingerprint density at radius 3 is 2.46 bits per heavy atom. The Kier molecular flexibility index (Phi) is 5.14. The van der Waals surface area contributed by atoms with Gasteiger partial charge >= 0.3 is 0 Å². The minimum atomic E-state index is -0.258. The van der Waals surface area contributed by atoms with E-state index in [0.717, 1.165) is 31.7 Å². The average molecular weight is 333 g/mol. The van der Waals surface area contributed by atoms with E-state index in [2.05, 4.69) is 17.3 Å². The number of piperazine rings is 1. The summed E-state index contributed by atoms with van der Waals surface area (Å²) >= 11 is 0. The lowest BCUT2D eigenvalue weighted by Gasteiger charge is -2.32. The number of likely N-dealkylation sites (N-methyl/N-ethyl adjacent to an activating group) is 1. The van der Waals surface area contributed by atoms with Gasteiger partial charge in [0.15, 0.2) is 0 Å². The third-order valence-corrected chi connectivity index (χ3v) is 4.89. The number of carbonyl (C=O) groups is 2. The van der Waals surface area contributed by atoms with Crippen molar-refractivity contribution in [3.05, 3.63) is 35.6 Å². The fraction of sp³-hybridized carbons (Fsp3) is 0.556. The van der Waals surface area contributed by atoms with E-state index in [1.165, 1.54) is 12.1 Å². The van der Waals surface area contributed by atoms with Crippen LogP contribution in [0.2, 0.25) is 0 Å². The van der Waals surface area contributed by atoms with Crippen LogP contribution in [0, 0.1) is 17.7 Å². The van der Waals surface area contributed by atoms with Gasteiger partial charge in [-0.15, -0.1) is 0 Å². The molecule has 5 nitrogen and oxygen atoms in total. The maximum atomic E-state index is 12.8. The first-order chi connectivity index (χ1) is 11.5. The fourth-order valence-electron chi connectivity index (χ4n) is 3.13. The zero-order valence-electron chi connectivity index (χ0n) is 14.0. The lowest BCUT2D eigenvalue weighted by atomic mass is 10.1. The van der Waals surface area contributed by atoms with E-state index in [-0.39, 0.29) is 29.5 Å². The number of benzene rings is 1. The van der Waals surface area contributed by atoms with Gasteiger partial charge in [-0.05, 0) is 37.6 Å². The first-order valence-electron chi connectivity index (χ1n) is 8.54. The van der Waals surface area contributed by atoms with Gasteiger partial charge in [-0.25, -0.2) is 4.39 Å². The minimum absolute atomic E-state index is 0.0374. The van der Waals surface area contributed by atoms with Gasteiger partial charge in [0.1, 0.15) is 5.82 Å². The van der Waals surface area contributed by atoms with E-state index in [1.54, 1.807) is 12.1 Å². The molecule has 0 spiro atoms. The number of amides is 2. The van der Waals surface area contributed by atoms with Crippen LogP contribution in [0.5, 0.6) is 0 Å². The third-order valence-electron chi connectivity index (χ3n) is 4.89. The first-order valence-corrected chi connectivity index (χ1v) is 8.54. The number of rotatable bonds is 5. The molecule has 3 rings (SSSR count). The summed E-state index contributed by atoms with van der Waals surface area (Å²) in [4.78, 5) is 28.6. The molecule has 6 heteroatoms. The van der Waals surface area contributed by atoms with Gasteiger partial charge in [0.2, 0.25) is 11.8 Å². The maximum absolute atomic E-state index is 12.8. The Morgan fingerprint density at radius 1 is 1.12 bits per heavy atom. The van der Waals surface area contributed by atoms with E-state index >= 15 is 0 Å². The second-order valence-electron chi connectivity index (χ2n) is 6.74. The van der Waals surface area contributed by atoms with Gasteiger partial charge in [0.25, 0.3) is 0 Å². The van der Waals surface area contributed by atoms with Crippen molar-refractivity contribution in [3.8, 4) is 0 Å². The molecule has 0 radical (unpaired) electrons. The molecule has 1 aliphatic carbocycles. The zero-order chi connectivity index (χ0) is 17.1.